The van der Waals surface area contributed by atoms with E-state index in [1.54, 1.807) is 37.2 Å². The molecule has 0 aliphatic carbocycles. The molecule has 0 spiro atoms. The molecule has 4 nitrogen and oxygen atoms in total. The number of fused-ring (bicyclic) bond motifs is 1. The first kappa shape index (κ1) is 15.2. The molecule has 1 heterocycles. The molecule has 0 saturated carbocycles. The zero-order valence-electron chi connectivity index (χ0n) is 12.8. The van der Waals surface area contributed by atoms with Crippen LogP contribution < -0.4 is 10.2 Å². The minimum atomic E-state index is -0.0702. The van der Waals surface area contributed by atoms with Gasteiger partial charge in [-0.15, -0.1) is 0 Å². The van der Waals surface area contributed by atoms with Crippen molar-refractivity contribution >= 4 is 28.4 Å². The van der Waals surface area contributed by atoms with Crippen LogP contribution in [-0.2, 0) is 0 Å². The lowest BCUT2D eigenvalue weighted by Gasteiger charge is -2.14. The van der Waals surface area contributed by atoms with Crippen molar-refractivity contribution in [2.75, 3.05) is 14.1 Å². The van der Waals surface area contributed by atoms with Crippen LogP contribution in [0.5, 0.6) is 5.75 Å². The Morgan fingerprint density at radius 2 is 1.87 bits per heavy atom. The fourth-order valence-electron chi connectivity index (χ4n) is 2.18. The molecule has 23 heavy (non-hydrogen) atoms. The molecule has 3 rings (SSSR count). The van der Waals surface area contributed by atoms with E-state index in [0.717, 1.165) is 5.56 Å². The Kier molecular flexibility index (Phi) is 4.12. The summed E-state index contributed by atoms with van der Waals surface area (Å²) in [6, 6.07) is 14.5. The number of nitrogens with zero attached hydrogens (tertiary/aromatic N) is 1. The summed E-state index contributed by atoms with van der Waals surface area (Å²) in [5.41, 5.74) is 1.76. The third-order valence-corrected chi connectivity index (χ3v) is 3.85. The summed E-state index contributed by atoms with van der Waals surface area (Å²) >= 11 is 5.10. The van der Waals surface area contributed by atoms with E-state index >= 15 is 0 Å². The first-order valence-electron chi connectivity index (χ1n) is 7.06. The summed E-state index contributed by atoms with van der Waals surface area (Å²) in [6.07, 6.45) is 1.48. The SMILES string of the molecule is CN(C)C(=S)Oc1ccc2c(=O)c(-c3ccccc3)coc2c1. The summed E-state index contributed by atoms with van der Waals surface area (Å²) in [4.78, 5) is 14.3. The molecular formula is C18H15NO3S. The first-order chi connectivity index (χ1) is 11.1. The van der Waals surface area contributed by atoms with Gasteiger partial charge in [0.15, 0.2) is 5.43 Å². The largest absolute Gasteiger partial charge is 0.463 e. The van der Waals surface area contributed by atoms with Gasteiger partial charge in [0, 0.05) is 20.2 Å². The van der Waals surface area contributed by atoms with E-state index in [-0.39, 0.29) is 5.43 Å². The molecule has 5 heteroatoms. The van der Waals surface area contributed by atoms with Crippen molar-refractivity contribution < 1.29 is 9.15 Å². The van der Waals surface area contributed by atoms with E-state index < -0.39 is 0 Å². The van der Waals surface area contributed by atoms with Crippen LogP contribution in [0.3, 0.4) is 0 Å². The van der Waals surface area contributed by atoms with E-state index in [4.69, 9.17) is 21.4 Å². The molecule has 116 valence electrons. The van der Waals surface area contributed by atoms with Crippen molar-refractivity contribution in [2.45, 2.75) is 0 Å². The number of ether oxygens (including phenoxy) is 1. The standard InChI is InChI=1S/C18H15NO3S/c1-19(2)18(23)22-13-8-9-14-16(10-13)21-11-15(17(14)20)12-6-4-3-5-7-12/h3-11H,1-2H3. The maximum absolute atomic E-state index is 12.6. The average Bonchev–Trinajstić information content (AvgIpc) is 2.56. The second kappa shape index (κ2) is 6.22. The van der Waals surface area contributed by atoms with E-state index in [9.17, 15) is 4.79 Å². The molecular weight excluding hydrogens is 310 g/mol. The molecule has 3 aromatic rings. The summed E-state index contributed by atoms with van der Waals surface area (Å²) in [7, 11) is 3.60. The van der Waals surface area contributed by atoms with Crippen LogP contribution in [0.15, 0.2) is 64.0 Å². The molecule has 0 aliphatic heterocycles. The van der Waals surface area contributed by atoms with Gasteiger partial charge in [-0.25, -0.2) is 0 Å². The fourth-order valence-corrected chi connectivity index (χ4v) is 2.28. The summed E-state index contributed by atoms with van der Waals surface area (Å²) in [5, 5.41) is 0.849. The normalized spacial score (nSPS) is 10.5. The van der Waals surface area contributed by atoms with E-state index in [1.807, 2.05) is 30.3 Å². The number of hydrogen-bond acceptors (Lipinski definition) is 4. The minimum Gasteiger partial charge on any atom is -0.463 e. The predicted molar refractivity (Wildman–Crippen MR) is 94.8 cm³/mol. The fraction of sp³-hybridized carbons (Fsp3) is 0.111. The van der Waals surface area contributed by atoms with E-state index in [1.165, 1.54) is 6.26 Å². The topological polar surface area (TPSA) is 42.7 Å². The molecule has 0 unspecified atom stereocenters. The smallest absolute Gasteiger partial charge is 0.264 e. The maximum Gasteiger partial charge on any atom is 0.264 e. The Hall–Kier alpha value is -2.66. The van der Waals surface area contributed by atoms with Crippen molar-refractivity contribution in [3.63, 3.8) is 0 Å². The van der Waals surface area contributed by atoms with Gasteiger partial charge in [-0.1, -0.05) is 30.3 Å². The molecule has 1 aromatic heterocycles. The zero-order valence-corrected chi connectivity index (χ0v) is 13.6. The highest BCUT2D eigenvalue weighted by molar-refractivity contribution is 7.80. The third kappa shape index (κ3) is 3.10. The van der Waals surface area contributed by atoms with Gasteiger partial charge in [-0.05, 0) is 29.9 Å². The molecule has 0 N–H and O–H groups in total. The van der Waals surface area contributed by atoms with Crippen molar-refractivity contribution in [2.24, 2.45) is 0 Å². The Balaban J connectivity index is 2.04. The zero-order chi connectivity index (χ0) is 16.4. The average molecular weight is 325 g/mol. The number of benzene rings is 2. The first-order valence-corrected chi connectivity index (χ1v) is 7.47. The number of hydrogen-bond donors (Lipinski definition) is 0. The van der Waals surface area contributed by atoms with Crippen LogP contribution in [0.1, 0.15) is 0 Å². The van der Waals surface area contributed by atoms with Crippen LogP contribution in [-0.4, -0.2) is 24.2 Å². The van der Waals surface area contributed by atoms with Gasteiger partial charge in [-0.2, -0.15) is 0 Å². The molecule has 0 fully saturated rings. The Labute approximate surface area is 138 Å². The van der Waals surface area contributed by atoms with Crippen LogP contribution in [0.4, 0.5) is 0 Å². The lowest BCUT2D eigenvalue weighted by Crippen LogP contribution is -2.24. The van der Waals surface area contributed by atoms with Gasteiger partial charge in [0.25, 0.3) is 5.17 Å². The Morgan fingerprint density at radius 3 is 2.57 bits per heavy atom. The third-order valence-electron chi connectivity index (χ3n) is 3.40. The van der Waals surface area contributed by atoms with Crippen LogP contribution in [0.2, 0.25) is 0 Å². The lowest BCUT2D eigenvalue weighted by atomic mass is 10.1. The van der Waals surface area contributed by atoms with Crippen molar-refractivity contribution in [1.82, 2.24) is 4.90 Å². The highest BCUT2D eigenvalue weighted by Crippen LogP contribution is 2.23. The summed E-state index contributed by atoms with van der Waals surface area (Å²) in [6.45, 7) is 0. The molecule has 0 atom stereocenters. The number of rotatable bonds is 2. The Bertz CT molecular complexity index is 916. The summed E-state index contributed by atoms with van der Waals surface area (Å²) in [5.74, 6) is 0.534. The minimum absolute atomic E-state index is 0.0702. The van der Waals surface area contributed by atoms with Gasteiger partial charge < -0.3 is 14.1 Å². The molecule has 0 bridgehead atoms. The van der Waals surface area contributed by atoms with Gasteiger partial charge in [0.2, 0.25) is 0 Å². The van der Waals surface area contributed by atoms with Gasteiger partial charge in [0.1, 0.15) is 17.6 Å². The second-order valence-corrected chi connectivity index (χ2v) is 5.61. The van der Waals surface area contributed by atoms with Crippen molar-refractivity contribution in [3.05, 3.63) is 65.0 Å². The van der Waals surface area contributed by atoms with Gasteiger partial charge in [0.05, 0.1) is 10.9 Å². The molecule has 0 amide bonds. The molecule has 2 aromatic carbocycles. The van der Waals surface area contributed by atoms with Crippen LogP contribution >= 0.6 is 12.2 Å². The van der Waals surface area contributed by atoms with Crippen LogP contribution in [0, 0.1) is 0 Å². The number of thiocarbonyl (C=S) groups is 1. The van der Waals surface area contributed by atoms with Gasteiger partial charge >= 0.3 is 0 Å². The van der Waals surface area contributed by atoms with E-state index in [0.29, 0.717) is 27.5 Å². The summed E-state index contributed by atoms with van der Waals surface area (Å²) < 4.78 is 11.2. The maximum atomic E-state index is 12.6. The van der Waals surface area contributed by atoms with E-state index in [2.05, 4.69) is 0 Å². The molecule has 0 aliphatic rings. The van der Waals surface area contributed by atoms with Crippen molar-refractivity contribution in [1.29, 1.82) is 0 Å². The monoisotopic (exact) mass is 325 g/mol. The van der Waals surface area contributed by atoms with Crippen molar-refractivity contribution in [3.8, 4) is 16.9 Å². The molecule has 0 saturated heterocycles. The predicted octanol–water partition coefficient (Wildman–Crippen LogP) is 3.69. The molecule has 0 radical (unpaired) electrons. The quantitative estimate of drug-likeness (QED) is 0.672. The highest BCUT2D eigenvalue weighted by Gasteiger charge is 2.10. The van der Waals surface area contributed by atoms with Crippen LogP contribution in [0.25, 0.3) is 22.1 Å². The second-order valence-electron chi connectivity index (χ2n) is 5.26. The highest BCUT2D eigenvalue weighted by atomic mass is 32.1. The lowest BCUT2D eigenvalue weighted by molar-refractivity contribution is 0.449. The Morgan fingerprint density at radius 1 is 1.13 bits per heavy atom. The van der Waals surface area contributed by atoms with Gasteiger partial charge in [-0.3, -0.25) is 4.79 Å².